The molecule has 5 nitrogen and oxygen atoms in total. The third-order valence-electron chi connectivity index (χ3n) is 10.3. The Hall–Kier alpha value is -0.720. The van der Waals surface area contributed by atoms with Gasteiger partial charge in [0.2, 0.25) is 0 Å². The summed E-state index contributed by atoms with van der Waals surface area (Å²) in [5.41, 5.74) is 1.44. The van der Waals surface area contributed by atoms with Gasteiger partial charge in [0.1, 0.15) is 0 Å². The summed E-state index contributed by atoms with van der Waals surface area (Å²) in [6.07, 6.45) is 6.34. The molecule has 8 atom stereocenters. The predicted octanol–water partition coefficient (Wildman–Crippen LogP) is 5.45. The monoisotopic (exact) mass is 492 g/mol. The van der Waals surface area contributed by atoms with Gasteiger partial charge in [-0.25, -0.2) is 0 Å². The molecule has 2 fully saturated rings. The van der Waals surface area contributed by atoms with Crippen LogP contribution >= 0.6 is 0 Å². The van der Waals surface area contributed by atoms with Crippen LogP contribution in [0.1, 0.15) is 113 Å². The van der Waals surface area contributed by atoms with Crippen LogP contribution in [0.4, 0.5) is 0 Å². The van der Waals surface area contributed by atoms with Crippen LogP contribution in [0.5, 0.6) is 0 Å². The van der Waals surface area contributed by atoms with E-state index in [-0.39, 0.29) is 22.9 Å². The highest BCUT2D eigenvalue weighted by molar-refractivity contribution is 5.27. The molecule has 35 heavy (non-hydrogen) atoms. The molecule has 5 heteroatoms. The second-order valence-corrected chi connectivity index (χ2v) is 13.4. The average Bonchev–Trinajstić information content (AvgIpc) is 2.85. The SMILES string of the molecule is C=C(C)C(O)CCC1(C)CCC(O)C(C)=C1CCC1C(C)(O)CCC2OC(C)(C)C(O)CCC21C. The van der Waals surface area contributed by atoms with E-state index in [4.69, 9.17) is 4.74 Å². The Kier molecular flexibility index (Phi) is 8.41. The van der Waals surface area contributed by atoms with Gasteiger partial charge in [-0.2, -0.15) is 0 Å². The van der Waals surface area contributed by atoms with E-state index in [1.54, 1.807) is 0 Å². The van der Waals surface area contributed by atoms with E-state index in [0.29, 0.717) is 19.3 Å². The van der Waals surface area contributed by atoms with Gasteiger partial charge in [0.25, 0.3) is 0 Å². The zero-order chi connectivity index (χ0) is 26.4. The lowest BCUT2D eigenvalue weighted by Gasteiger charge is -2.54. The van der Waals surface area contributed by atoms with Crippen LogP contribution in [0.2, 0.25) is 0 Å². The number of rotatable bonds is 7. The third kappa shape index (κ3) is 5.75. The zero-order valence-corrected chi connectivity index (χ0v) is 23.4. The molecule has 0 amide bonds. The summed E-state index contributed by atoms with van der Waals surface area (Å²) in [4.78, 5) is 0. The number of allylic oxidation sites excluding steroid dienone is 1. The Morgan fingerprint density at radius 1 is 1.06 bits per heavy atom. The number of ether oxygens (including phenoxy) is 1. The Morgan fingerprint density at radius 2 is 1.71 bits per heavy atom. The number of aliphatic hydroxyl groups excluding tert-OH is 3. The molecule has 1 heterocycles. The second kappa shape index (κ2) is 10.2. The smallest absolute Gasteiger partial charge is 0.0888 e. The standard InChI is InChI=1S/C30H52O5/c1-19(2)22(31)11-15-28(6)16-12-23(32)20(3)21(28)9-10-24-29(7)17-13-25(33)27(4,5)35-26(29)14-18-30(24,8)34/h22-26,31-34H,1,9-18H2,2-8H3. The zero-order valence-electron chi connectivity index (χ0n) is 23.4. The molecule has 0 spiro atoms. The van der Waals surface area contributed by atoms with Crippen molar-refractivity contribution in [3.05, 3.63) is 23.3 Å². The maximum absolute atomic E-state index is 11.6. The van der Waals surface area contributed by atoms with E-state index >= 15 is 0 Å². The number of aliphatic hydroxyl groups is 4. The van der Waals surface area contributed by atoms with Crippen LogP contribution < -0.4 is 0 Å². The van der Waals surface area contributed by atoms with Crippen molar-refractivity contribution in [3.8, 4) is 0 Å². The number of fused-ring (bicyclic) bond motifs is 1. The van der Waals surface area contributed by atoms with Crippen LogP contribution in [0.15, 0.2) is 23.3 Å². The molecular weight excluding hydrogens is 440 g/mol. The molecule has 1 saturated carbocycles. The molecule has 0 aromatic rings. The molecule has 1 aliphatic heterocycles. The van der Waals surface area contributed by atoms with E-state index in [9.17, 15) is 20.4 Å². The first-order valence-corrected chi connectivity index (χ1v) is 13.8. The van der Waals surface area contributed by atoms with Gasteiger partial charge in [-0.1, -0.05) is 31.6 Å². The Balaban J connectivity index is 1.87. The van der Waals surface area contributed by atoms with Crippen molar-refractivity contribution in [2.75, 3.05) is 0 Å². The van der Waals surface area contributed by atoms with Gasteiger partial charge in [-0.3, -0.25) is 0 Å². The van der Waals surface area contributed by atoms with E-state index in [2.05, 4.69) is 27.4 Å². The summed E-state index contributed by atoms with van der Waals surface area (Å²) >= 11 is 0. The Labute approximate surface area is 213 Å². The van der Waals surface area contributed by atoms with E-state index < -0.39 is 29.5 Å². The third-order valence-corrected chi connectivity index (χ3v) is 10.3. The van der Waals surface area contributed by atoms with Crippen LogP contribution in [-0.2, 0) is 4.74 Å². The van der Waals surface area contributed by atoms with Crippen molar-refractivity contribution in [2.24, 2.45) is 16.7 Å². The van der Waals surface area contributed by atoms with Crippen molar-refractivity contribution in [3.63, 3.8) is 0 Å². The lowest BCUT2D eigenvalue weighted by molar-refractivity contribution is -0.205. The van der Waals surface area contributed by atoms with Crippen molar-refractivity contribution < 1.29 is 25.2 Å². The molecule has 0 bridgehead atoms. The lowest BCUT2D eigenvalue weighted by Crippen LogP contribution is -2.56. The van der Waals surface area contributed by atoms with Gasteiger partial charge in [-0.15, -0.1) is 0 Å². The van der Waals surface area contributed by atoms with Gasteiger partial charge < -0.3 is 25.2 Å². The minimum absolute atomic E-state index is 0.00370. The molecule has 3 aliphatic rings. The van der Waals surface area contributed by atoms with Crippen molar-refractivity contribution >= 4 is 0 Å². The highest BCUT2D eigenvalue weighted by atomic mass is 16.5. The average molecular weight is 493 g/mol. The van der Waals surface area contributed by atoms with E-state index in [0.717, 1.165) is 56.1 Å². The maximum Gasteiger partial charge on any atom is 0.0888 e. The van der Waals surface area contributed by atoms with Gasteiger partial charge in [0, 0.05) is 0 Å². The number of hydrogen-bond acceptors (Lipinski definition) is 5. The molecule has 0 aromatic carbocycles. The Morgan fingerprint density at radius 3 is 2.34 bits per heavy atom. The lowest BCUT2D eigenvalue weighted by atomic mass is 9.55. The number of hydrogen-bond donors (Lipinski definition) is 4. The molecule has 0 radical (unpaired) electrons. The fourth-order valence-electron chi connectivity index (χ4n) is 7.54. The summed E-state index contributed by atoms with van der Waals surface area (Å²) in [7, 11) is 0. The maximum atomic E-state index is 11.6. The predicted molar refractivity (Wildman–Crippen MR) is 141 cm³/mol. The quantitative estimate of drug-likeness (QED) is 0.355. The normalized spacial score (nSPS) is 42.8. The van der Waals surface area contributed by atoms with Crippen LogP contribution in [0.3, 0.4) is 0 Å². The first-order valence-electron chi connectivity index (χ1n) is 13.8. The summed E-state index contributed by atoms with van der Waals surface area (Å²) in [6.45, 7) is 18.3. The summed E-state index contributed by atoms with van der Waals surface area (Å²) in [5.74, 6) is 0.0273. The van der Waals surface area contributed by atoms with Gasteiger partial charge in [-0.05, 0) is 121 Å². The summed E-state index contributed by atoms with van der Waals surface area (Å²) < 4.78 is 6.55. The van der Waals surface area contributed by atoms with Gasteiger partial charge in [0.15, 0.2) is 0 Å². The van der Waals surface area contributed by atoms with Crippen molar-refractivity contribution in [1.29, 1.82) is 0 Å². The molecule has 4 N–H and O–H groups in total. The molecule has 1 saturated heterocycles. The highest BCUT2D eigenvalue weighted by Crippen LogP contribution is 2.56. The van der Waals surface area contributed by atoms with Crippen LogP contribution in [-0.4, -0.2) is 56.0 Å². The summed E-state index contributed by atoms with van der Waals surface area (Å²) in [6, 6.07) is 0. The molecule has 2 aliphatic carbocycles. The van der Waals surface area contributed by atoms with Crippen LogP contribution in [0, 0.1) is 16.7 Å². The van der Waals surface area contributed by atoms with Crippen molar-refractivity contribution in [1.82, 2.24) is 0 Å². The van der Waals surface area contributed by atoms with E-state index in [1.165, 1.54) is 5.57 Å². The van der Waals surface area contributed by atoms with Crippen molar-refractivity contribution in [2.45, 2.75) is 148 Å². The molecule has 202 valence electrons. The van der Waals surface area contributed by atoms with E-state index in [1.807, 2.05) is 27.7 Å². The first-order chi connectivity index (χ1) is 16.0. The molecule has 3 rings (SSSR count). The van der Waals surface area contributed by atoms with Crippen LogP contribution in [0.25, 0.3) is 0 Å². The largest absolute Gasteiger partial charge is 0.390 e. The molecule has 0 aromatic heterocycles. The first kappa shape index (κ1) is 28.8. The molecule has 8 unspecified atom stereocenters. The Bertz CT molecular complexity index is 814. The fourth-order valence-corrected chi connectivity index (χ4v) is 7.54. The minimum Gasteiger partial charge on any atom is -0.390 e. The molecular formula is C30H52O5. The fraction of sp³-hybridized carbons (Fsp3) is 0.867. The van der Waals surface area contributed by atoms with Gasteiger partial charge >= 0.3 is 0 Å². The second-order valence-electron chi connectivity index (χ2n) is 13.4. The minimum atomic E-state index is -0.803. The summed E-state index contributed by atoms with van der Waals surface area (Å²) in [5, 5.41) is 43.5. The topological polar surface area (TPSA) is 90.2 Å². The highest BCUT2D eigenvalue weighted by Gasteiger charge is 2.56. The van der Waals surface area contributed by atoms with Gasteiger partial charge in [0.05, 0.1) is 35.6 Å².